The van der Waals surface area contributed by atoms with Gasteiger partial charge in [0, 0.05) is 13.9 Å². The van der Waals surface area contributed by atoms with Gasteiger partial charge in [0.2, 0.25) is 0 Å². The first-order chi connectivity index (χ1) is 8.85. The molecule has 1 heterocycles. The average Bonchev–Trinajstić information content (AvgIpc) is 2.98. The summed E-state index contributed by atoms with van der Waals surface area (Å²) >= 11 is 0. The number of fused-ring (bicyclic) bond motifs is 2. The molecule has 108 valence electrons. The Morgan fingerprint density at radius 1 is 1.26 bits per heavy atom. The highest BCUT2D eigenvalue weighted by Crippen LogP contribution is 2.79. The Kier molecular flexibility index (Phi) is 2.51. The zero-order valence-electron chi connectivity index (χ0n) is 11.9. The molecule has 5 heteroatoms. The lowest BCUT2D eigenvalue weighted by atomic mass is 9.49. The third-order valence-electron chi connectivity index (χ3n) is 7.31. The number of epoxide rings is 1. The second-order valence-corrected chi connectivity index (χ2v) is 8.84. The first kappa shape index (κ1) is 13.4. The Morgan fingerprint density at radius 3 is 2.63 bits per heavy atom. The topological polar surface area (TPSA) is 42.0 Å². The van der Waals surface area contributed by atoms with Gasteiger partial charge in [-0.1, -0.05) is 29.7 Å². The maximum Gasteiger partial charge on any atom is 0.132 e. The summed E-state index contributed by atoms with van der Waals surface area (Å²) in [7, 11) is 3.02. The van der Waals surface area contributed by atoms with E-state index in [-0.39, 0.29) is 28.6 Å². The summed E-state index contributed by atoms with van der Waals surface area (Å²) in [4.78, 5) is 0. The monoisotopic (exact) mass is 302 g/mol. The maximum absolute atomic E-state index is 11.4. The van der Waals surface area contributed by atoms with E-state index < -0.39 is 5.60 Å². The van der Waals surface area contributed by atoms with Gasteiger partial charge in [0.05, 0.1) is 12.2 Å². The minimum Gasteiger partial charge on any atom is -0.384 e. The van der Waals surface area contributed by atoms with Crippen molar-refractivity contribution in [3.05, 3.63) is 0 Å². The second kappa shape index (κ2) is 3.55. The summed E-state index contributed by atoms with van der Waals surface area (Å²) in [5.74, 6) is 0.448. The van der Waals surface area contributed by atoms with Crippen LogP contribution < -0.4 is 0 Å². The molecule has 0 radical (unpaired) electrons. The number of rotatable bonds is 2. The van der Waals surface area contributed by atoms with E-state index in [1.165, 1.54) is 0 Å². The Balaban J connectivity index is 1.89. The first-order valence-corrected chi connectivity index (χ1v) is 10.1. The van der Waals surface area contributed by atoms with Gasteiger partial charge in [0.15, 0.2) is 0 Å². The van der Waals surface area contributed by atoms with Gasteiger partial charge in [-0.2, -0.15) is 0 Å². The fourth-order valence-electron chi connectivity index (χ4n) is 6.00. The van der Waals surface area contributed by atoms with E-state index in [4.69, 9.17) is 9.26 Å². The van der Waals surface area contributed by atoms with Crippen LogP contribution in [0.25, 0.3) is 0 Å². The number of hydrogen-bond acceptors (Lipinski definition) is 3. The third kappa shape index (κ3) is 1.14. The largest absolute Gasteiger partial charge is 0.384 e. The summed E-state index contributed by atoms with van der Waals surface area (Å²) < 4.78 is 12.2. The molecule has 19 heavy (non-hydrogen) atoms. The molecule has 3 nitrogen and oxygen atoms in total. The minimum absolute atomic E-state index is 0.0543. The van der Waals surface area contributed by atoms with E-state index in [1.807, 2.05) is 0 Å². The van der Waals surface area contributed by atoms with Gasteiger partial charge < -0.3 is 14.4 Å². The summed E-state index contributed by atoms with van der Waals surface area (Å²) in [6.07, 6.45) is 4.36. The lowest BCUT2D eigenvalue weighted by molar-refractivity contribution is -0.222. The highest BCUT2D eigenvalue weighted by Gasteiger charge is 2.88. The minimum atomic E-state index is -0.757. The summed E-state index contributed by atoms with van der Waals surface area (Å²) in [5, 5.41) is 11.4. The van der Waals surface area contributed by atoms with Crippen LogP contribution in [0, 0.1) is 16.7 Å². The second-order valence-electron chi connectivity index (χ2n) is 7.66. The normalized spacial score (nSPS) is 61.4. The van der Waals surface area contributed by atoms with E-state index >= 15 is 0 Å². The van der Waals surface area contributed by atoms with Crippen LogP contribution in [0.15, 0.2) is 0 Å². The molecule has 0 aromatic carbocycles. The molecular weight excluding hydrogens is 278 g/mol. The smallest absolute Gasteiger partial charge is 0.132 e. The van der Waals surface area contributed by atoms with Crippen molar-refractivity contribution in [2.75, 3.05) is 0 Å². The van der Waals surface area contributed by atoms with Crippen LogP contribution in [-0.2, 0) is 9.26 Å². The molecule has 0 aromatic heterocycles. The van der Waals surface area contributed by atoms with Crippen LogP contribution in [-0.4, -0.2) is 28.5 Å². The van der Waals surface area contributed by atoms with Crippen molar-refractivity contribution in [2.24, 2.45) is 16.7 Å². The van der Waals surface area contributed by atoms with Crippen LogP contribution in [0.1, 0.15) is 46.5 Å². The highest BCUT2D eigenvalue weighted by atomic mass is 32.0. The Hall–Kier alpha value is 0.740. The van der Waals surface area contributed by atoms with Gasteiger partial charge in [0.25, 0.3) is 0 Å². The molecular formula is C14H24O3P2. The molecule has 4 aliphatic rings. The number of hydrogen-bond donors (Lipinski definition) is 1. The van der Waals surface area contributed by atoms with Gasteiger partial charge in [-0.3, -0.25) is 0 Å². The molecule has 0 amide bonds. The first-order valence-electron chi connectivity index (χ1n) is 7.36. The van der Waals surface area contributed by atoms with Gasteiger partial charge in [0.1, 0.15) is 11.2 Å². The molecule has 4 unspecified atom stereocenters. The molecule has 1 spiro atoms. The van der Waals surface area contributed by atoms with Crippen LogP contribution in [0.4, 0.5) is 0 Å². The number of ether oxygens (including phenoxy) is 1. The van der Waals surface area contributed by atoms with E-state index in [2.05, 4.69) is 29.7 Å². The summed E-state index contributed by atoms with van der Waals surface area (Å²) in [6.45, 7) is 7.07. The van der Waals surface area contributed by atoms with Gasteiger partial charge >= 0.3 is 0 Å². The maximum atomic E-state index is 11.4. The van der Waals surface area contributed by atoms with Crippen LogP contribution in [0.5, 0.6) is 0 Å². The molecule has 1 saturated heterocycles. The van der Waals surface area contributed by atoms with Crippen LogP contribution >= 0.6 is 17.4 Å². The standard InChI is InChI=1S/C14H24O3P2/c1-11(2)8-4-6-12(11,3)14-9(16-14)5-7-13(14,15)10(8)17-19-18/h8-10,15,19H,4-7,18H2,1-3H3/t8?,9-,10+,12?,13-,14+/m1/s1. The van der Waals surface area contributed by atoms with Crippen molar-refractivity contribution in [2.45, 2.75) is 69.9 Å². The molecule has 1 aliphatic heterocycles. The summed E-state index contributed by atoms with van der Waals surface area (Å²) in [5.41, 5.74) is -0.824. The fraction of sp³-hybridized carbons (Fsp3) is 1.00. The number of aliphatic hydroxyl groups is 1. The van der Waals surface area contributed by atoms with Crippen LogP contribution in [0.3, 0.4) is 0 Å². The van der Waals surface area contributed by atoms with Gasteiger partial charge in [-0.15, -0.1) is 0 Å². The van der Waals surface area contributed by atoms with Gasteiger partial charge in [-0.25, -0.2) is 0 Å². The predicted octanol–water partition coefficient (Wildman–Crippen LogP) is 2.87. The zero-order valence-corrected chi connectivity index (χ0v) is 14.1. The zero-order chi connectivity index (χ0) is 13.7. The lowest BCUT2D eigenvalue weighted by Crippen LogP contribution is -2.69. The van der Waals surface area contributed by atoms with Gasteiger partial charge in [-0.05, 0) is 37.0 Å². The van der Waals surface area contributed by atoms with E-state index in [0.717, 1.165) is 25.7 Å². The molecule has 1 N–H and O–H groups in total. The Bertz CT molecular complexity index is 442. The van der Waals surface area contributed by atoms with Crippen molar-refractivity contribution in [3.63, 3.8) is 0 Å². The molecule has 2 bridgehead atoms. The Labute approximate surface area is 119 Å². The summed E-state index contributed by atoms with van der Waals surface area (Å²) in [6, 6.07) is 0. The van der Waals surface area contributed by atoms with Crippen molar-refractivity contribution in [1.29, 1.82) is 0 Å². The fourth-order valence-corrected chi connectivity index (χ4v) is 6.95. The predicted molar refractivity (Wildman–Crippen MR) is 79.3 cm³/mol. The van der Waals surface area contributed by atoms with E-state index in [9.17, 15) is 5.11 Å². The Morgan fingerprint density at radius 2 is 2.00 bits per heavy atom. The highest BCUT2D eigenvalue weighted by molar-refractivity contribution is 8.00. The molecule has 4 rings (SSSR count). The molecule has 3 aliphatic carbocycles. The van der Waals surface area contributed by atoms with Crippen molar-refractivity contribution in [1.82, 2.24) is 0 Å². The molecule has 3 saturated carbocycles. The van der Waals surface area contributed by atoms with Crippen LogP contribution in [0.2, 0.25) is 0 Å². The molecule has 4 fully saturated rings. The van der Waals surface area contributed by atoms with Crippen molar-refractivity contribution >= 4 is 17.4 Å². The average molecular weight is 302 g/mol. The molecule has 0 aromatic rings. The molecule has 8 atom stereocenters. The van der Waals surface area contributed by atoms with Crippen molar-refractivity contribution in [3.8, 4) is 0 Å². The van der Waals surface area contributed by atoms with E-state index in [1.54, 1.807) is 0 Å². The third-order valence-corrected chi connectivity index (χ3v) is 8.11. The SMILES string of the molecule is CC1(C)C2CCC1(C)[C@@]13O[C@@H]1CC[C@@]3(O)[C@H]2OPP. The van der Waals surface area contributed by atoms with E-state index in [0.29, 0.717) is 14.4 Å². The quantitative estimate of drug-likeness (QED) is 0.630. The van der Waals surface area contributed by atoms with Crippen molar-refractivity contribution < 1.29 is 14.4 Å². The lowest BCUT2D eigenvalue weighted by Gasteiger charge is -2.59.